The fourth-order valence-corrected chi connectivity index (χ4v) is 1.20. The zero-order chi connectivity index (χ0) is 10.4. The molecule has 1 N–H and O–H groups in total. The molecule has 1 unspecified atom stereocenters. The second-order valence-electron chi connectivity index (χ2n) is 2.43. The average Bonchev–Trinajstić information content (AvgIpc) is 2.03. The van der Waals surface area contributed by atoms with Crippen molar-refractivity contribution in [3.63, 3.8) is 0 Å². The zero-order valence-electron chi connectivity index (χ0n) is 7.70. The van der Waals surface area contributed by atoms with Crippen molar-refractivity contribution in [1.82, 2.24) is 0 Å². The molecule has 0 aromatic carbocycles. The number of rotatable bonds is 5. The Bertz CT molecular complexity index is 222. The first-order chi connectivity index (χ1) is 5.95. The van der Waals surface area contributed by atoms with E-state index in [0.717, 1.165) is 0 Å². The molecule has 0 aromatic rings. The summed E-state index contributed by atoms with van der Waals surface area (Å²) in [6.07, 6.45) is -1.12. The van der Waals surface area contributed by atoms with Crippen LogP contribution < -0.4 is 0 Å². The summed E-state index contributed by atoms with van der Waals surface area (Å²) < 4.78 is 16.3. The van der Waals surface area contributed by atoms with Crippen molar-refractivity contribution in [1.29, 1.82) is 0 Å². The summed E-state index contributed by atoms with van der Waals surface area (Å²) in [5, 5.41) is 8.99. The van der Waals surface area contributed by atoms with Gasteiger partial charge in [-0.25, -0.2) is 0 Å². The Hall–Kier alpha value is -0.524. The van der Waals surface area contributed by atoms with Crippen molar-refractivity contribution in [2.75, 3.05) is 6.61 Å². The molecule has 0 saturated heterocycles. The van der Waals surface area contributed by atoms with Crippen molar-refractivity contribution in [3.8, 4) is 0 Å². The maximum atomic E-state index is 11.1. The van der Waals surface area contributed by atoms with Gasteiger partial charge in [0.2, 0.25) is 0 Å². The van der Waals surface area contributed by atoms with Crippen LogP contribution in [0.3, 0.4) is 0 Å². The molecule has 5 heteroatoms. The first-order valence-corrected chi connectivity index (χ1v) is 5.39. The SMILES string of the molecule is C=[C](C)[Co](=[O])[CH2]COC(=O)C(C)O. The van der Waals surface area contributed by atoms with Crippen molar-refractivity contribution >= 4 is 5.97 Å². The van der Waals surface area contributed by atoms with E-state index in [2.05, 4.69) is 11.3 Å². The Balaban J connectivity index is 3.63. The van der Waals surface area contributed by atoms with Crippen molar-refractivity contribution in [2.45, 2.75) is 25.3 Å². The Morgan fingerprint density at radius 1 is 1.69 bits per heavy atom. The molecule has 1 atom stereocenters. The number of hydrogen-bond acceptors (Lipinski definition) is 4. The maximum absolute atomic E-state index is 11.1. The number of carbonyl (C=O) groups is 1. The molecule has 0 fully saturated rings. The van der Waals surface area contributed by atoms with Crippen LogP contribution in [0.1, 0.15) is 13.8 Å². The van der Waals surface area contributed by atoms with Crippen LogP contribution in [0.15, 0.2) is 11.1 Å². The number of allylic oxidation sites excluding steroid dienone is 1. The summed E-state index contributed by atoms with van der Waals surface area (Å²) in [5.41, 5.74) is 0. The molecular formula is C8H14CoO4. The topological polar surface area (TPSA) is 63.6 Å². The predicted octanol–water partition coefficient (Wildman–Crippen LogP) is 0.826. The number of hydrogen-bond donors (Lipinski definition) is 1. The van der Waals surface area contributed by atoms with Crippen molar-refractivity contribution < 1.29 is 32.1 Å². The van der Waals surface area contributed by atoms with Gasteiger partial charge in [-0.1, -0.05) is 0 Å². The Morgan fingerprint density at radius 2 is 2.23 bits per heavy atom. The van der Waals surface area contributed by atoms with Crippen LogP contribution in [-0.4, -0.2) is 23.8 Å². The summed E-state index contributed by atoms with van der Waals surface area (Å²) in [4.78, 5) is 10.7. The fraction of sp³-hybridized carbons (Fsp3) is 0.625. The van der Waals surface area contributed by atoms with Crippen LogP contribution in [0.2, 0.25) is 5.36 Å². The monoisotopic (exact) mass is 233 g/mol. The molecule has 0 bridgehead atoms. The fourth-order valence-electron chi connectivity index (χ4n) is 0.459. The van der Waals surface area contributed by atoms with Gasteiger partial charge in [0, 0.05) is 0 Å². The second-order valence-corrected chi connectivity index (χ2v) is 4.72. The summed E-state index contributed by atoms with van der Waals surface area (Å²) in [7, 11) is 0. The summed E-state index contributed by atoms with van der Waals surface area (Å²) in [6.45, 7) is 6.55. The van der Waals surface area contributed by atoms with E-state index in [1.165, 1.54) is 6.92 Å². The molecule has 0 aliphatic heterocycles. The van der Waals surface area contributed by atoms with E-state index in [1.54, 1.807) is 6.92 Å². The average molecular weight is 233 g/mol. The molecule has 4 nitrogen and oxygen atoms in total. The number of aliphatic hydroxyl groups excluding tert-OH is 1. The zero-order valence-corrected chi connectivity index (χ0v) is 8.74. The van der Waals surface area contributed by atoms with Gasteiger partial charge in [-0.15, -0.1) is 0 Å². The molecule has 0 spiro atoms. The molecule has 0 aliphatic rings. The number of carbonyl (C=O) groups excluding carboxylic acids is 1. The van der Waals surface area contributed by atoms with Gasteiger partial charge in [0.25, 0.3) is 0 Å². The normalized spacial score (nSPS) is 13.3. The van der Waals surface area contributed by atoms with Gasteiger partial charge in [-0.05, 0) is 0 Å². The number of aliphatic hydroxyl groups is 1. The van der Waals surface area contributed by atoms with Gasteiger partial charge in [-0.3, -0.25) is 0 Å². The van der Waals surface area contributed by atoms with Gasteiger partial charge in [0.05, 0.1) is 0 Å². The Kier molecular flexibility index (Phi) is 5.77. The van der Waals surface area contributed by atoms with E-state index in [9.17, 15) is 8.66 Å². The van der Waals surface area contributed by atoms with Crippen molar-refractivity contribution in [3.05, 3.63) is 11.1 Å². The third-order valence-electron chi connectivity index (χ3n) is 1.12. The van der Waals surface area contributed by atoms with Gasteiger partial charge in [-0.2, -0.15) is 0 Å². The van der Waals surface area contributed by atoms with Crippen LogP contribution in [0, 0.1) is 0 Å². The minimum atomic E-state index is -1.47. The van der Waals surface area contributed by atoms with Crippen LogP contribution in [0.4, 0.5) is 0 Å². The quantitative estimate of drug-likeness (QED) is 0.714. The van der Waals surface area contributed by atoms with E-state index in [4.69, 9.17) is 5.11 Å². The Labute approximate surface area is 81.5 Å². The third kappa shape index (κ3) is 5.67. The molecule has 0 rings (SSSR count). The minimum absolute atomic E-state index is 0.0603. The number of esters is 1. The predicted molar refractivity (Wildman–Crippen MR) is 42.9 cm³/mol. The van der Waals surface area contributed by atoms with Crippen LogP contribution in [0.25, 0.3) is 0 Å². The van der Waals surface area contributed by atoms with Gasteiger partial charge in [0.1, 0.15) is 0 Å². The van der Waals surface area contributed by atoms with Crippen LogP contribution in [-0.2, 0) is 27.0 Å². The van der Waals surface area contributed by atoms with Crippen molar-refractivity contribution in [2.24, 2.45) is 0 Å². The summed E-state index contributed by atoms with van der Waals surface area (Å²) >= 11 is -1.47. The molecule has 79 valence electrons. The molecule has 0 aliphatic carbocycles. The second kappa shape index (κ2) is 6.01. The molecular weight excluding hydrogens is 219 g/mol. The van der Waals surface area contributed by atoms with Crippen LogP contribution in [0.5, 0.6) is 0 Å². The number of ether oxygens (including phenoxy) is 1. The van der Waals surface area contributed by atoms with E-state index >= 15 is 0 Å². The molecule has 0 radical (unpaired) electrons. The van der Waals surface area contributed by atoms with Gasteiger partial charge in [0.15, 0.2) is 0 Å². The Morgan fingerprint density at radius 3 is 2.62 bits per heavy atom. The molecule has 0 saturated carbocycles. The third-order valence-corrected chi connectivity index (χ3v) is 2.80. The molecule has 0 heterocycles. The standard InChI is InChI=1S/C5H9O3.C3H5.Co.O/c1-3-8-5(7)4(2)6;1-3-2;;/h4,6H,1,3H2,2H3;1H2,2H3;;. The molecule has 0 aromatic heterocycles. The van der Waals surface area contributed by atoms with E-state index < -0.39 is 25.7 Å². The van der Waals surface area contributed by atoms with Gasteiger partial charge >= 0.3 is 81.1 Å². The summed E-state index contributed by atoms with van der Waals surface area (Å²) in [5.74, 6) is -0.690. The molecule has 13 heavy (non-hydrogen) atoms. The molecule has 0 amide bonds. The van der Waals surface area contributed by atoms with E-state index in [0.29, 0.717) is 4.51 Å². The first kappa shape index (κ1) is 12.5. The first-order valence-electron chi connectivity index (χ1n) is 3.71. The summed E-state index contributed by atoms with van der Waals surface area (Å²) in [6, 6.07) is 0. The van der Waals surface area contributed by atoms with Crippen LogP contribution >= 0.6 is 0 Å². The van der Waals surface area contributed by atoms with E-state index in [1.807, 2.05) is 0 Å². The van der Waals surface area contributed by atoms with Gasteiger partial charge < -0.3 is 0 Å². The van der Waals surface area contributed by atoms with E-state index in [-0.39, 0.29) is 12.0 Å².